The average molecular weight is 262 g/mol. The maximum atomic E-state index is 11.9. The molecule has 4 heteroatoms. The van der Waals surface area contributed by atoms with E-state index in [-0.39, 0.29) is 6.09 Å². The molecule has 1 N–H and O–H groups in total. The van der Waals surface area contributed by atoms with Crippen molar-refractivity contribution >= 4 is 6.09 Å². The lowest BCUT2D eigenvalue weighted by atomic mass is 10.1. The highest BCUT2D eigenvalue weighted by molar-refractivity contribution is 5.68. The van der Waals surface area contributed by atoms with Gasteiger partial charge >= 0.3 is 6.09 Å². The van der Waals surface area contributed by atoms with Crippen LogP contribution in [0.15, 0.2) is 30.3 Å². The fourth-order valence-electron chi connectivity index (χ4n) is 2.39. The third-order valence-corrected chi connectivity index (χ3v) is 3.55. The molecule has 0 radical (unpaired) electrons. The van der Waals surface area contributed by atoms with Gasteiger partial charge in [-0.3, -0.25) is 0 Å². The van der Waals surface area contributed by atoms with Crippen LogP contribution in [0.1, 0.15) is 18.4 Å². The van der Waals surface area contributed by atoms with E-state index in [9.17, 15) is 4.79 Å². The third-order valence-electron chi connectivity index (χ3n) is 3.55. The zero-order valence-corrected chi connectivity index (χ0v) is 11.5. The lowest BCUT2D eigenvalue weighted by Gasteiger charge is -2.16. The molecule has 1 fully saturated rings. The fourth-order valence-corrected chi connectivity index (χ4v) is 2.39. The summed E-state index contributed by atoms with van der Waals surface area (Å²) in [7, 11) is 1.96. The molecular weight excluding hydrogens is 240 g/mol. The van der Waals surface area contributed by atoms with Crippen molar-refractivity contribution in [2.24, 2.45) is 5.92 Å². The van der Waals surface area contributed by atoms with Gasteiger partial charge in [0.15, 0.2) is 0 Å². The lowest BCUT2D eigenvalue weighted by Crippen LogP contribution is -2.29. The molecule has 0 spiro atoms. The largest absolute Gasteiger partial charge is 0.445 e. The smallest absolute Gasteiger partial charge is 0.410 e. The maximum absolute atomic E-state index is 11.9. The first-order valence-electron chi connectivity index (χ1n) is 6.90. The van der Waals surface area contributed by atoms with Crippen LogP contribution in [0, 0.1) is 5.92 Å². The molecule has 19 heavy (non-hydrogen) atoms. The van der Waals surface area contributed by atoms with Gasteiger partial charge in [-0.15, -0.1) is 0 Å². The van der Waals surface area contributed by atoms with Crippen LogP contribution in [-0.4, -0.2) is 37.7 Å². The van der Waals surface area contributed by atoms with E-state index in [1.54, 1.807) is 0 Å². The van der Waals surface area contributed by atoms with Crippen molar-refractivity contribution in [1.82, 2.24) is 10.2 Å². The number of benzene rings is 1. The third kappa shape index (κ3) is 4.24. The highest BCUT2D eigenvalue weighted by atomic mass is 16.6. The highest BCUT2D eigenvalue weighted by Gasteiger charge is 2.26. The monoisotopic (exact) mass is 262 g/mol. The second-order valence-corrected chi connectivity index (χ2v) is 5.03. The van der Waals surface area contributed by atoms with Gasteiger partial charge in [0.25, 0.3) is 0 Å². The summed E-state index contributed by atoms with van der Waals surface area (Å²) < 4.78 is 5.34. The summed E-state index contributed by atoms with van der Waals surface area (Å²) in [6.45, 7) is 3.02. The first kappa shape index (κ1) is 13.9. The van der Waals surface area contributed by atoms with Crippen molar-refractivity contribution < 1.29 is 9.53 Å². The van der Waals surface area contributed by atoms with E-state index in [0.29, 0.717) is 12.5 Å². The second kappa shape index (κ2) is 7.14. The van der Waals surface area contributed by atoms with Crippen LogP contribution in [-0.2, 0) is 11.3 Å². The molecule has 2 rings (SSSR count). The van der Waals surface area contributed by atoms with Crippen LogP contribution in [0.3, 0.4) is 0 Å². The zero-order chi connectivity index (χ0) is 13.5. The van der Waals surface area contributed by atoms with E-state index in [1.165, 1.54) is 0 Å². The highest BCUT2D eigenvalue weighted by Crippen LogP contribution is 2.20. The predicted molar refractivity (Wildman–Crippen MR) is 74.9 cm³/mol. The van der Waals surface area contributed by atoms with Gasteiger partial charge in [0, 0.05) is 13.1 Å². The van der Waals surface area contributed by atoms with E-state index >= 15 is 0 Å². The molecule has 1 aromatic carbocycles. The van der Waals surface area contributed by atoms with Gasteiger partial charge in [-0.05, 0) is 37.9 Å². The predicted octanol–water partition coefficient (Wildman–Crippen LogP) is 2.25. The number of carbonyl (C=O) groups excluding carboxylic acids is 1. The van der Waals surface area contributed by atoms with Gasteiger partial charge in [0.05, 0.1) is 0 Å². The molecule has 0 aliphatic carbocycles. The number of amides is 1. The Morgan fingerprint density at radius 1 is 1.42 bits per heavy atom. The van der Waals surface area contributed by atoms with Crippen molar-refractivity contribution in [3.8, 4) is 0 Å². The topological polar surface area (TPSA) is 41.6 Å². The van der Waals surface area contributed by atoms with Gasteiger partial charge in [-0.25, -0.2) is 4.79 Å². The number of hydrogen-bond acceptors (Lipinski definition) is 3. The SMILES string of the molecule is CNCC[C@H]1CCN(C(=O)OCc2ccccc2)C1. The Bertz CT molecular complexity index is 394. The Morgan fingerprint density at radius 3 is 2.95 bits per heavy atom. The summed E-state index contributed by atoms with van der Waals surface area (Å²) in [5.74, 6) is 0.608. The first-order valence-corrected chi connectivity index (χ1v) is 6.90. The van der Waals surface area contributed by atoms with Crippen LogP contribution in [0.25, 0.3) is 0 Å². The summed E-state index contributed by atoms with van der Waals surface area (Å²) in [5, 5.41) is 3.15. The van der Waals surface area contributed by atoms with Crippen molar-refractivity contribution in [2.45, 2.75) is 19.4 Å². The fraction of sp³-hybridized carbons (Fsp3) is 0.533. The Labute approximate surface area is 114 Å². The average Bonchev–Trinajstić information content (AvgIpc) is 2.92. The molecule has 104 valence electrons. The molecule has 1 aromatic rings. The number of nitrogens with zero attached hydrogens (tertiary/aromatic N) is 1. The van der Waals surface area contributed by atoms with E-state index in [0.717, 1.165) is 38.0 Å². The Kier molecular flexibility index (Phi) is 5.21. The summed E-state index contributed by atoms with van der Waals surface area (Å²) in [4.78, 5) is 13.7. The van der Waals surface area contributed by atoms with Crippen LogP contribution < -0.4 is 5.32 Å². The molecule has 1 amide bonds. The molecule has 1 saturated heterocycles. The number of ether oxygens (including phenoxy) is 1. The van der Waals surface area contributed by atoms with Crippen molar-refractivity contribution in [2.75, 3.05) is 26.7 Å². The molecule has 0 bridgehead atoms. The van der Waals surface area contributed by atoms with Gasteiger partial charge in [-0.1, -0.05) is 30.3 Å². The summed E-state index contributed by atoms with van der Waals surface area (Å²) in [6.07, 6.45) is 2.02. The summed E-state index contributed by atoms with van der Waals surface area (Å²) >= 11 is 0. The van der Waals surface area contributed by atoms with E-state index in [4.69, 9.17) is 4.74 Å². The Hall–Kier alpha value is -1.55. The molecule has 0 unspecified atom stereocenters. The van der Waals surface area contributed by atoms with Crippen LogP contribution in [0.2, 0.25) is 0 Å². The van der Waals surface area contributed by atoms with Gasteiger partial charge in [-0.2, -0.15) is 0 Å². The van der Waals surface area contributed by atoms with Crippen molar-refractivity contribution in [1.29, 1.82) is 0 Å². The zero-order valence-electron chi connectivity index (χ0n) is 11.5. The molecule has 1 heterocycles. The van der Waals surface area contributed by atoms with Gasteiger partial charge in [0.1, 0.15) is 6.61 Å². The van der Waals surface area contributed by atoms with Crippen LogP contribution >= 0.6 is 0 Å². The summed E-state index contributed by atoms with van der Waals surface area (Å²) in [5.41, 5.74) is 1.03. The minimum Gasteiger partial charge on any atom is -0.445 e. The van der Waals surface area contributed by atoms with Crippen molar-refractivity contribution in [3.05, 3.63) is 35.9 Å². The summed E-state index contributed by atoms with van der Waals surface area (Å²) in [6, 6.07) is 9.79. The van der Waals surface area contributed by atoms with E-state index < -0.39 is 0 Å². The minimum atomic E-state index is -0.184. The number of likely N-dealkylation sites (tertiary alicyclic amines) is 1. The number of carbonyl (C=O) groups is 1. The van der Waals surface area contributed by atoms with E-state index in [1.807, 2.05) is 42.3 Å². The lowest BCUT2D eigenvalue weighted by molar-refractivity contribution is 0.103. The standard InChI is InChI=1S/C15H22N2O2/c1-16-9-7-13-8-10-17(11-13)15(18)19-12-14-5-3-2-4-6-14/h2-6,13,16H,7-12H2,1H3/t13-/m0/s1. The van der Waals surface area contributed by atoms with E-state index in [2.05, 4.69) is 5.32 Å². The quantitative estimate of drug-likeness (QED) is 0.885. The van der Waals surface area contributed by atoms with Gasteiger partial charge < -0.3 is 15.0 Å². The molecule has 4 nitrogen and oxygen atoms in total. The number of rotatable bonds is 5. The Morgan fingerprint density at radius 2 is 2.21 bits per heavy atom. The molecule has 1 aliphatic rings. The minimum absolute atomic E-state index is 0.184. The normalized spacial score (nSPS) is 18.6. The van der Waals surface area contributed by atoms with Crippen molar-refractivity contribution in [3.63, 3.8) is 0 Å². The number of hydrogen-bond donors (Lipinski definition) is 1. The first-order chi connectivity index (χ1) is 9.29. The molecule has 1 aliphatic heterocycles. The molecule has 0 aromatic heterocycles. The molecule has 1 atom stereocenters. The molecule has 0 saturated carbocycles. The second-order valence-electron chi connectivity index (χ2n) is 5.03. The van der Waals surface area contributed by atoms with Crippen LogP contribution in [0.4, 0.5) is 4.79 Å². The molecular formula is C15H22N2O2. The number of nitrogens with one attached hydrogen (secondary N) is 1. The maximum Gasteiger partial charge on any atom is 0.410 e. The van der Waals surface area contributed by atoms with Gasteiger partial charge in [0.2, 0.25) is 0 Å². The van der Waals surface area contributed by atoms with Crippen LogP contribution in [0.5, 0.6) is 0 Å². The Balaban J connectivity index is 1.72.